The number of Topliss-reactive ketones (excluding diaryl/α,β-unsaturated/α-hetero) is 1. The van der Waals surface area contributed by atoms with Crippen LogP contribution in [0.4, 0.5) is 16.2 Å². The Labute approximate surface area is 268 Å². The molecule has 0 aromatic heterocycles. The Bertz CT molecular complexity index is 1710. The summed E-state index contributed by atoms with van der Waals surface area (Å²) in [5.74, 6) is -0.400. The summed E-state index contributed by atoms with van der Waals surface area (Å²) in [5, 5.41) is 6.79. The van der Waals surface area contributed by atoms with Crippen LogP contribution < -0.4 is 24.8 Å². The second-order valence-corrected chi connectivity index (χ2v) is 11.9. The summed E-state index contributed by atoms with van der Waals surface area (Å²) in [4.78, 5) is 42.2. The standard InChI is InChI=1S/C36H39N3O7/c1-36(2,3)24-22-29(33(43-4)30(23-24)38-35(42)46-25-10-6-5-7-11-25)37-34(41)32(40)28-14-15-31(27-13-9-8-12-26(27)28)45-21-18-39-16-19-44-20-17-39/h5-15,22-23H,16-21H2,1-4H3,(H,37,41)(H,38,42). The number of amides is 2. The molecule has 1 aliphatic heterocycles. The first kappa shape index (κ1) is 32.5. The summed E-state index contributed by atoms with van der Waals surface area (Å²) in [6.45, 7) is 10.4. The van der Waals surface area contributed by atoms with Gasteiger partial charge in [0.15, 0.2) is 5.75 Å². The van der Waals surface area contributed by atoms with Gasteiger partial charge in [0.1, 0.15) is 18.1 Å². The molecule has 2 amide bonds. The molecule has 1 saturated heterocycles. The van der Waals surface area contributed by atoms with E-state index in [1.54, 1.807) is 54.6 Å². The molecule has 0 spiro atoms. The number of morpholine rings is 1. The second kappa shape index (κ2) is 14.4. The summed E-state index contributed by atoms with van der Waals surface area (Å²) in [6, 6.07) is 22.8. The highest BCUT2D eigenvalue weighted by Crippen LogP contribution is 2.39. The van der Waals surface area contributed by atoms with Gasteiger partial charge in [0, 0.05) is 30.6 Å². The SMILES string of the molecule is COc1c(NC(=O)Oc2ccccc2)cc(C(C)(C)C)cc1NC(=O)C(=O)c1ccc(OCCN2CCOCC2)c2ccccc12. The number of hydrogen-bond acceptors (Lipinski definition) is 8. The minimum Gasteiger partial charge on any atom is -0.492 e. The first-order valence-electron chi connectivity index (χ1n) is 15.2. The van der Waals surface area contributed by atoms with Crippen molar-refractivity contribution in [1.82, 2.24) is 4.90 Å². The van der Waals surface area contributed by atoms with Crippen LogP contribution >= 0.6 is 0 Å². The van der Waals surface area contributed by atoms with Crippen LogP contribution in [-0.2, 0) is 14.9 Å². The Morgan fingerprint density at radius 3 is 2.17 bits per heavy atom. The highest BCUT2D eigenvalue weighted by Gasteiger charge is 2.26. The number of fused-ring (bicyclic) bond motifs is 1. The number of rotatable bonds is 10. The first-order chi connectivity index (χ1) is 22.1. The van der Waals surface area contributed by atoms with E-state index in [0.29, 0.717) is 36.7 Å². The molecule has 0 bridgehead atoms. The predicted octanol–water partition coefficient (Wildman–Crippen LogP) is 6.29. The molecule has 0 saturated carbocycles. The van der Waals surface area contributed by atoms with Gasteiger partial charge in [0.2, 0.25) is 0 Å². The van der Waals surface area contributed by atoms with Crippen LogP contribution in [0.2, 0.25) is 0 Å². The predicted molar refractivity (Wildman–Crippen MR) is 177 cm³/mol. The number of hydrogen-bond donors (Lipinski definition) is 2. The number of carbonyl (C=O) groups is 3. The van der Waals surface area contributed by atoms with E-state index in [1.807, 2.05) is 45.0 Å². The van der Waals surface area contributed by atoms with E-state index in [4.69, 9.17) is 18.9 Å². The summed E-state index contributed by atoms with van der Waals surface area (Å²) in [6.07, 6.45) is -0.734. The van der Waals surface area contributed by atoms with Crippen molar-refractivity contribution in [2.45, 2.75) is 26.2 Å². The zero-order valence-corrected chi connectivity index (χ0v) is 26.6. The molecule has 2 N–H and O–H groups in total. The molecule has 10 nitrogen and oxygen atoms in total. The van der Waals surface area contributed by atoms with Gasteiger partial charge in [-0.2, -0.15) is 0 Å². The maximum atomic E-state index is 13.6. The van der Waals surface area contributed by atoms with Crippen molar-refractivity contribution in [3.63, 3.8) is 0 Å². The van der Waals surface area contributed by atoms with Gasteiger partial charge < -0.3 is 24.3 Å². The van der Waals surface area contributed by atoms with Gasteiger partial charge in [-0.15, -0.1) is 0 Å². The summed E-state index contributed by atoms with van der Waals surface area (Å²) in [5.41, 5.74) is 1.17. The molecule has 0 unspecified atom stereocenters. The molecule has 0 radical (unpaired) electrons. The third-order valence-electron chi connectivity index (χ3n) is 7.70. The third-order valence-corrected chi connectivity index (χ3v) is 7.70. The van der Waals surface area contributed by atoms with Gasteiger partial charge in [0.05, 0.1) is 31.7 Å². The van der Waals surface area contributed by atoms with E-state index < -0.39 is 17.8 Å². The van der Waals surface area contributed by atoms with E-state index in [-0.39, 0.29) is 28.1 Å². The van der Waals surface area contributed by atoms with Crippen LogP contribution in [0.15, 0.2) is 78.9 Å². The third kappa shape index (κ3) is 7.82. The Morgan fingerprint density at radius 2 is 1.50 bits per heavy atom. The van der Waals surface area contributed by atoms with Gasteiger partial charge in [-0.25, -0.2) is 4.79 Å². The lowest BCUT2D eigenvalue weighted by Crippen LogP contribution is -2.38. The maximum absolute atomic E-state index is 13.6. The molecule has 1 heterocycles. The zero-order chi connectivity index (χ0) is 32.7. The van der Waals surface area contributed by atoms with E-state index in [1.165, 1.54) is 7.11 Å². The van der Waals surface area contributed by atoms with Crippen molar-refractivity contribution >= 4 is 39.9 Å². The molecule has 4 aromatic rings. The molecule has 4 aromatic carbocycles. The quantitative estimate of drug-likeness (QED) is 0.156. The van der Waals surface area contributed by atoms with E-state index in [0.717, 1.165) is 30.6 Å². The minimum atomic E-state index is -0.853. The molecule has 1 fully saturated rings. The number of anilines is 2. The number of benzene rings is 4. The fourth-order valence-corrected chi connectivity index (χ4v) is 5.20. The molecule has 5 rings (SSSR count). The molecular weight excluding hydrogens is 586 g/mol. The van der Waals surface area contributed by atoms with Crippen molar-refractivity contribution < 1.29 is 33.3 Å². The topological polar surface area (TPSA) is 115 Å². The zero-order valence-electron chi connectivity index (χ0n) is 26.6. The Balaban J connectivity index is 1.37. The molecule has 0 atom stereocenters. The lowest BCUT2D eigenvalue weighted by molar-refractivity contribution is -0.112. The van der Waals surface area contributed by atoms with E-state index in [2.05, 4.69) is 15.5 Å². The van der Waals surface area contributed by atoms with Crippen LogP contribution in [0.1, 0.15) is 36.7 Å². The summed E-state index contributed by atoms with van der Waals surface area (Å²) in [7, 11) is 1.42. The van der Waals surface area contributed by atoms with Gasteiger partial charge in [-0.3, -0.25) is 19.8 Å². The largest absolute Gasteiger partial charge is 0.492 e. The van der Waals surface area contributed by atoms with Gasteiger partial charge in [0.25, 0.3) is 11.7 Å². The van der Waals surface area contributed by atoms with Crippen molar-refractivity contribution in [2.24, 2.45) is 0 Å². The van der Waals surface area contributed by atoms with E-state index in [9.17, 15) is 14.4 Å². The Kier molecular flexibility index (Phi) is 10.2. The highest BCUT2D eigenvalue weighted by molar-refractivity contribution is 6.48. The number of nitrogens with one attached hydrogen (secondary N) is 2. The molecule has 46 heavy (non-hydrogen) atoms. The molecule has 1 aliphatic rings. The van der Waals surface area contributed by atoms with Crippen molar-refractivity contribution in [3.8, 4) is 17.2 Å². The van der Waals surface area contributed by atoms with Crippen molar-refractivity contribution in [1.29, 1.82) is 0 Å². The first-order valence-corrected chi connectivity index (χ1v) is 15.2. The fraction of sp³-hybridized carbons (Fsp3) is 0.306. The number of methoxy groups -OCH3 is 1. The summed E-state index contributed by atoms with van der Waals surface area (Å²) >= 11 is 0. The Hall–Kier alpha value is -4.93. The normalized spacial score (nSPS) is 13.6. The van der Waals surface area contributed by atoms with Gasteiger partial charge in [-0.05, 0) is 52.8 Å². The molecule has 0 aliphatic carbocycles. The fourth-order valence-electron chi connectivity index (χ4n) is 5.20. The second-order valence-electron chi connectivity index (χ2n) is 11.9. The maximum Gasteiger partial charge on any atom is 0.417 e. The van der Waals surface area contributed by atoms with Crippen LogP contribution in [0.25, 0.3) is 10.8 Å². The number of ketones is 1. The number of para-hydroxylation sites is 1. The van der Waals surface area contributed by atoms with Crippen LogP contribution in [0.3, 0.4) is 0 Å². The smallest absolute Gasteiger partial charge is 0.417 e. The average molecular weight is 626 g/mol. The van der Waals surface area contributed by atoms with Crippen LogP contribution in [0, 0.1) is 0 Å². The van der Waals surface area contributed by atoms with E-state index >= 15 is 0 Å². The minimum absolute atomic E-state index is 0.174. The summed E-state index contributed by atoms with van der Waals surface area (Å²) < 4.78 is 22.6. The Morgan fingerprint density at radius 1 is 0.848 bits per heavy atom. The van der Waals surface area contributed by atoms with Gasteiger partial charge in [-0.1, -0.05) is 63.2 Å². The lowest BCUT2D eigenvalue weighted by Gasteiger charge is -2.26. The van der Waals surface area contributed by atoms with Crippen LogP contribution in [0.5, 0.6) is 17.2 Å². The number of nitrogens with zero attached hydrogens (tertiary/aromatic N) is 1. The molecular formula is C36H39N3O7. The highest BCUT2D eigenvalue weighted by atomic mass is 16.6. The lowest BCUT2D eigenvalue weighted by atomic mass is 9.86. The molecule has 240 valence electrons. The molecule has 10 heteroatoms. The average Bonchev–Trinajstić information content (AvgIpc) is 3.05. The monoisotopic (exact) mass is 625 g/mol. The van der Waals surface area contributed by atoms with Crippen LogP contribution in [-0.4, -0.2) is 69.2 Å². The number of ether oxygens (including phenoxy) is 4. The van der Waals surface area contributed by atoms with Gasteiger partial charge >= 0.3 is 6.09 Å². The van der Waals surface area contributed by atoms with Crippen molar-refractivity contribution in [2.75, 3.05) is 57.2 Å². The van der Waals surface area contributed by atoms with Crippen molar-refractivity contribution in [3.05, 3.63) is 90.0 Å². The number of carbonyl (C=O) groups excluding carboxylic acids is 3.